The summed E-state index contributed by atoms with van der Waals surface area (Å²) in [6, 6.07) is 0. The van der Waals surface area contributed by atoms with Gasteiger partial charge in [-0.3, -0.25) is 0 Å². The summed E-state index contributed by atoms with van der Waals surface area (Å²) in [6.45, 7) is 0. The van der Waals surface area contributed by atoms with Gasteiger partial charge in [0.1, 0.15) is 6.29 Å². The number of unbranched alkanes of at least 4 members (excludes halogenated alkanes) is 1. The van der Waals surface area contributed by atoms with Crippen molar-refractivity contribution in [1.29, 1.82) is 0 Å². The summed E-state index contributed by atoms with van der Waals surface area (Å²) in [6.07, 6.45) is 8.75. The highest BCUT2D eigenvalue weighted by Gasteiger charge is 2.05. The van der Waals surface area contributed by atoms with Crippen LogP contribution in [-0.4, -0.2) is 6.29 Å². The molecule has 0 amide bonds. The van der Waals surface area contributed by atoms with Gasteiger partial charge in [-0.05, 0) is 25.7 Å². The average Bonchev–Trinajstić information content (AvgIpc) is 1.76. The molecular weight excluding hydrogens is 112 g/mol. The van der Waals surface area contributed by atoms with Gasteiger partial charge in [-0.2, -0.15) is 0 Å². The van der Waals surface area contributed by atoms with Gasteiger partial charge in [-0.25, -0.2) is 0 Å². The average molecular weight is 124 g/mol. The fourth-order valence-electron chi connectivity index (χ4n) is 0.941. The Morgan fingerprint density at radius 1 is 1.33 bits per heavy atom. The van der Waals surface area contributed by atoms with E-state index in [9.17, 15) is 4.79 Å². The molecule has 0 saturated heterocycles. The molecule has 1 nitrogen and oxygen atoms in total. The summed E-state index contributed by atoms with van der Waals surface area (Å²) in [5.74, 6) is 0. The van der Waals surface area contributed by atoms with Crippen LogP contribution in [0.2, 0.25) is 0 Å². The lowest BCUT2D eigenvalue weighted by Crippen LogP contribution is -1.95. The van der Waals surface area contributed by atoms with Crippen molar-refractivity contribution in [3.63, 3.8) is 0 Å². The molecule has 0 spiro atoms. The van der Waals surface area contributed by atoms with Crippen LogP contribution in [0, 0.1) is 0 Å². The smallest absolute Gasteiger partial charge is 0.120 e. The van der Waals surface area contributed by atoms with E-state index in [1.165, 1.54) is 19.3 Å². The molecule has 9 heavy (non-hydrogen) atoms. The first-order valence-electron chi connectivity index (χ1n) is 3.55. The summed E-state index contributed by atoms with van der Waals surface area (Å²) >= 11 is 0. The zero-order valence-corrected chi connectivity index (χ0v) is 5.60. The fourth-order valence-corrected chi connectivity index (χ4v) is 0.941. The van der Waals surface area contributed by atoms with Crippen molar-refractivity contribution in [3.8, 4) is 0 Å². The van der Waals surface area contributed by atoms with Crippen molar-refractivity contribution >= 4 is 6.29 Å². The Morgan fingerprint density at radius 3 is 2.56 bits per heavy atom. The minimum absolute atomic E-state index is 0.698. The first kappa shape index (κ1) is 6.53. The van der Waals surface area contributed by atoms with E-state index in [0.29, 0.717) is 6.42 Å². The number of allylic oxidation sites excluding steroid dienone is 2. The lowest BCUT2D eigenvalue weighted by molar-refractivity contribution is -0.107. The molecule has 0 aliphatic heterocycles. The van der Waals surface area contributed by atoms with Gasteiger partial charge in [-0.1, -0.05) is 11.6 Å². The molecular formula is C8H12O. The minimum Gasteiger partial charge on any atom is -0.303 e. The van der Waals surface area contributed by atoms with Crippen LogP contribution in [0.3, 0.4) is 0 Å². The number of rotatable bonds is 3. The standard InChI is InChI=1S/C8H12O/c9-7-2-1-4-8-5-3-6-8/h4,7H,1-3,5-6H2. The third kappa shape index (κ3) is 2.00. The van der Waals surface area contributed by atoms with E-state index in [2.05, 4.69) is 6.08 Å². The SMILES string of the molecule is O=CCCC=C1CCC1. The first-order chi connectivity index (χ1) is 4.43. The number of hydrogen-bond acceptors (Lipinski definition) is 1. The zero-order valence-electron chi connectivity index (χ0n) is 5.60. The summed E-state index contributed by atoms with van der Waals surface area (Å²) in [5, 5.41) is 0. The van der Waals surface area contributed by atoms with Gasteiger partial charge in [0.25, 0.3) is 0 Å². The van der Waals surface area contributed by atoms with E-state index in [-0.39, 0.29) is 0 Å². The lowest BCUT2D eigenvalue weighted by atomic mass is 9.91. The monoisotopic (exact) mass is 124 g/mol. The molecule has 50 valence electrons. The van der Waals surface area contributed by atoms with Crippen molar-refractivity contribution in [3.05, 3.63) is 11.6 Å². The maximum absolute atomic E-state index is 9.86. The van der Waals surface area contributed by atoms with Crippen LogP contribution < -0.4 is 0 Å². The third-order valence-corrected chi connectivity index (χ3v) is 1.71. The zero-order chi connectivity index (χ0) is 6.53. The van der Waals surface area contributed by atoms with E-state index in [1.807, 2.05) is 0 Å². The Hall–Kier alpha value is -0.590. The number of hydrogen-bond donors (Lipinski definition) is 0. The number of aldehydes is 1. The molecule has 0 aromatic rings. The third-order valence-electron chi connectivity index (χ3n) is 1.71. The second kappa shape index (κ2) is 3.44. The number of carbonyl (C=O) groups is 1. The summed E-state index contributed by atoms with van der Waals surface area (Å²) in [7, 11) is 0. The van der Waals surface area contributed by atoms with Crippen LogP contribution in [0.15, 0.2) is 11.6 Å². The highest BCUT2D eigenvalue weighted by atomic mass is 16.1. The van der Waals surface area contributed by atoms with E-state index < -0.39 is 0 Å². The van der Waals surface area contributed by atoms with Crippen molar-refractivity contribution < 1.29 is 4.79 Å². The van der Waals surface area contributed by atoms with Gasteiger partial charge < -0.3 is 4.79 Å². The molecule has 0 radical (unpaired) electrons. The van der Waals surface area contributed by atoms with Crippen LogP contribution in [0.1, 0.15) is 32.1 Å². The number of carbonyl (C=O) groups excluding carboxylic acids is 1. The molecule has 1 aliphatic rings. The van der Waals surface area contributed by atoms with Crippen molar-refractivity contribution in [2.45, 2.75) is 32.1 Å². The van der Waals surface area contributed by atoms with Crippen LogP contribution in [0.25, 0.3) is 0 Å². The largest absolute Gasteiger partial charge is 0.303 e. The maximum atomic E-state index is 9.86. The van der Waals surface area contributed by atoms with Crippen LogP contribution in [0.5, 0.6) is 0 Å². The molecule has 0 aromatic heterocycles. The fraction of sp³-hybridized carbons (Fsp3) is 0.625. The van der Waals surface area contributed by atoms with Gasteiger partial charge in [0, 0.05) is 6.42 Å². The Labute approximate surface area is 55.8 Å². The molecule has 1 saturated carbocycles. The van der Waals surface area contributed by atoms with E-state index in [4.69, 9.17) is 0 Å². The molecule has 0 aromatic carbocycles. The van der Waals surface area contributed by atoms with Gasteiger partial charge in [0.2, 0.25) is 0 Å². The summed E-state index contributed by atoms with van der Waals surface area (Å²) in [5.41, 5.74) is 1.55. The molecule has 1 rings (SSSR count). The Morgan fingerprint density at radius 2 is 2.11 bits per heavy atom. The van der Waals surface area contributed by atoms with Crippen LogP contribution in [-0.2, 0) is 4.79 Å². The van der Waals surface area contributed by atoms with Gasteiger partial charge >= 0.3 is 0 Å². The molecule has 0 unspecified atom stereocenters. The molecule has 0 heterocycles. The summed E-state index contributed by atoms with van der Waals surface area (Å²) < 4.78 is 0. The lowest BCUT2D eigenvalue weighted by Gasteiger charge is -2.15. The molecule has 1 aliphatic carbocycles. The second-order valence-electron chi connectivity index (χ2n) is 2.46. The van der Waals surface area contributed by atoms with Crippen molar-refractivity contribution in [2.24, 2.45) is 0 Å². The Bertz CT molecular complexity index is 119. The predicted octanol–water partition coefficient (Wildman–Crippen LogP) is 2.08. The highest BCUT2D eigenvalue weighted by Crippen LogP contribution is 2.25. The summed E-state index contributed by atoms with van der Waals surface area (Å²) in [4.78, 5) is 9.86. The minimum atomic E-state index is 0.698. The highest BCUT2D eigenvalue weighted by molar-refractivity contribution is 5.49. The Kier molecular flexibility index (Phi) is 2.49. The van der Waals surface area contributed by atoms with Crippen molar-refractivity contribution in [2.75, 3.05) is 0 Å². The van der Waals surface area contributed by atoms with E-state index in [1.54, 1.807) is 5.57 Å². The first-order valence-corrected chi connectivity index (χ1v) is 3.55. The molecule has 1 fully saturated rings. The Balaban J connectivity index is 2.07. The predicted molar refractivity (Wildman–Crippen MR) is 37.2 cm³/mol. The molecule has 1 heteroatoms. The maximum Gasteiger partial charge on any atom is 0.120 e. The molecule has 0 bridgehead atoms. The topological polar surface area (TPSA) is 17.1 Å². The quantitative estimate of drug-likeness (QED) is 0.320. The van der Waals surface area contributed by atoms with Crippen molar-refractivity contribution in [1.82, 2.24) is 0 Å². The van der Waals surface area contributed by atoms with Crippen LogP contribution >= 0.6 is 0 Å². The van der Waals surface area contributed by atoms with E-state index in [0.717, 1.165) is 12.7 Å². The van der Waals surface area contributed by atoms with E-state index >= 15 is 0 Å². The second-order valence-corrected chi connectivity index (χ2v) is 2.46. The molecule has 0 atom stereocenters. The van der Waals surface area contributed by atoms with Gasteiger partial charge in [0.15, 0.2) is 0 Å². The van der Waals surface area contributed by atoms with Gasteiger partial charge in [0.05, 0.1) is 0 Å². The molecule has 0 N–H and O–H groups in total. The van der Waals surface area contributed by atoms with Gasteiger partial charge in [-0.15, -0.1) is 0 Å². The normalized spacial score (nSPS) is 16.7. The van der Waals surface area contributed by atoms with Crippen LogP contribution in [0.4, 0.5) is 0 Å².